The number of rotatable bonds is 7. The van der Waals surface area contributed by atoms with Crippen LogP contribution in [0.5, 0.6) is 0 Å². The summed E-state index contributed by atoms with van der Waals surface area (Å²) in [7, 11) is 0. The first-order valence-electron chi connectivity index (χ1n) is 8.99. The average molecular weight is 305 g/mol. The predicted molar refractivity (Wildman–Crippen MR) is 103 cm³/mol. The monoisotopic (exact) mass is 305 g/mol. The summed E-state index contributed by atoms with van der Waals surface area (Å²) in [4.78, 5) is 0. The quantitative estimate of drug-likeness (QED) is 0.302. The molecule has 0 saturated carbocycles. The summed E-state index contributed by atoms with van der Waals surface area (Å²) < 4.78 is 0. The van der Waals surface area contributed by atoms with E-state index in [-0.39, 0.29) is 0 Å². The standard InChI is InChI=1S/C22H27N/c1-2-3-4-5-6-7-10-17-13-20-15-18-11-8-9-12-19(18)16-21(20)22(23)14-17/h8-9,11-16H,2-7,10,23H2,1H3. The van der Waals surface area contributed by atoms with Crippen molar-refractivity contribution < 1.29 is 0 Å². The van der Waals surface area contributed by atoms with Crippen molar-refractivity contribution in [1.82, 2.24) is 0 Å². The van der Waals surface area contributed by atoms with Gasteiger partial charge in [0.15, 0.2) is 0 Å². The summed E-state index contributed by atoms with van der Waals surface area (Å²) in [5.74, 6) is 0. The molecule has 23 heavy (non-hydrogen) atoms. The van der Waals surface area contributed by atoms with E-state index in [0.29, 0.717) is 0 Å². The molecule has 3 aromatic carbocycles. The number of hydrogen-bond donors (Lipinski definition) is 1. The Hall–Kier alpha value is -2.02. The van der Waals surface area contributed by atoms with Gasteiger partial charge in [-0.05, 0) is 52.8 Å². The summed E-state index contributed by atoms with van der Waals surface area (Å²) in [6, 6.07) is 17.5. The van der Waals surface area contributed by atoms with Crippen molar-refractivity contribution in [3.63, 3.8) is 0 Å². The van der Waals surface area contributed by atoms with Crippen LogP contribution in [0, 0.1) is 0 Å². The van der Waals surface area contributed by atoms with Crippen LogP contribution in [-0.2, 0) is 6.42 Å². The maximum atomic E-state index is 6.32. The molecule has 0 aliphatic carbocycles. The van der Waals surface area contributed by atoms with Gasteiger partial charge in [0.05, 0.1) is 0 Å². The molecule has 0 bridgehead atoms. The molecule has 0 spiro atoms. The molecule has 3 rings (SSSR count). The Morgan fingerprint density at radius 3 is 2.22 bits per heavy atom. The minimum Gasteiger partial charge on any atom is -0.398 e. The second-order valence-corrected chi connectivity index (χ2v) is 6.62. The van der Waals surface area contributed by atoms with E-state index in [1.807, 2.05) is 0 Å². The van der Waals surface area contributed by atoms with Crippen molar-refractivity contribution >= 4 is 27.2 Å². The Labute approximate surface area is 139 Å². The van der Waals surface area contributed by atoms with Gasteiger partial charge >= 0.3 is 0 Å². The molecule has 0 heterocycles. The van der Waals surface area contributed by atoms with Gasteiger partial charge in [-0.15, -0.1) is 0 Å². The third-order valence-electron chi connectivity index (χ3n) is 4.73. The second-order valence-electron chi connectivity index (χ2n) is 6.62. The van der Waals surface area contributed by atoms with Crippen LogP contribution in [0.25, 0.3) is 21.5 Å². The van der Waals surface area contributed by atoms with Gasteiger partial charge in [0, 0.05) is 11.1 Å². The highest BCUT2D eigenvalue weighted by molar-refractivity contribution is 6.03. The van der Waals surface area contributed by atoms with Gasteiger partial charge in [0.1, 0.15) is 0 Å². The van der Waals surface area contributed by atoms with Gasteiger partial charge in [-0.2, -0.15) is 0 Å². The highest BCUT2D eigenvalue weighted by atomic mass is 14.5. The second kappa shape index (κ2) is 7.50. The number of hydrogen-bond acceptors (Lipinski definition) is 1. The first-order chi connectivity index (χ1) is 11.3. The van der Waals surface area contributed by atoms with E-state index in [4.69, 9.17) is 5.73 Å². The highest BCUT2D eigenvalue weighted by Crippen LogP contribution is 2.29. The van der Waals surface area contributed by atoms with Crippen LogP contribution in [-0.4, -0.2) is 0 Å². The minimum atomic E-state index is 0.911. The van der Waals surface area contributed by atoms with Gasteiger partial charge in [-0.3, -0.25) is 0 Å². The predicted octanol–water partition coefficient (Wildman–Crippen LogP) is 6.48. The third-order valence-corrected chi connectivity index (χ3v) is 4.73. The first kappa shape index (κ1) is 15.9. The molecule has 0 amide bonds. The van der Waals surface area contributed by atoms with Gasteiger partial charge in [0.25, 0.3) is 0 Å². The van der Waals surface area contributed by atoms with Gasteiger partial charge in [-0.1, -0.05) is 69.4 Å². The Morgan fingerprint density at radius 2 is 1.43 bits per heavy atom. The third kappa shape index (κ3) is 3.85. The maximum absolute atomic E-state index is 6.32. The van der Waals surface area contributed by atoms with E-state index in [0.717, 1.165) is 12.1 Å². The van der Waals surface area contributed by atoms with E-state index < -0.39 is 0 Å². The largest absolute Gasteiger partial charge is 0.398 e. The average Bonchev–Trinajstić information content (AvgIpc) is 2.56. The molecule has 0 aliphatic heterocycles. The number of unbranched alkanes of at least 4 members (excludes halogenated alkanes) is 5. The highest BCUT2D eigenvalue weighted by Gasteiger charge is 2.04. The SMILES string of the molecule is CCCCCCCCc1cc(N)c2cc3ccccc3cc2c1. The fourth-order valence-corrected chi connectivity index (χ4v) is 3.40. The molecule has 2 N–H and O–H groups in total. The Balaban J connectivity index is 1.76. The lowest BCUT2D eigenvalue weighted by Gasteiger charge is -2.09. The Bertz CT molecular complexity index is 788. The zero-order valence-electron chi connectivity index (χ0n) is 14.1. The van der Waals surface area contributed by atoms with Crippen LogP contribution in [0.4, 0.5) is 5.69 Å². The Morgan fingerprint density at radius 1 is 0.739 bits per heavy atom. The van der Waals surface area contributed by atoms with Crippen LogP contribution in [0.2, 0.25) is 0 Å². The lowest BCUT2D eigenvalue weighted by atomic mass is 9.98. The summed E-state index contributed by atoms with van der Waals surface area (Å²) in [6.07, 6.45) is 9.16. The summed E-state index contributed by atoms with van der Waals surface area (Å²) in [6.45, 7) is 2.27. The molecule has 0 atom stereocenters. The van der Waals surface area contributed by atoms with Crippen LogP contribution < -0.4 is 5.73 Å². The summed E-state index contributed by atoms with van der Waals surface area (Å²) >= 11 is 0. The van der Waals surface area contributed by atoms with Crippen molar-refractivity contribution in [2.24, 2.45) is 0 Å². The molecule has 1 heteroatoms. The lowest BCUT2D eigenvalue weighted by Crippen LogP contribution is -1.93. The topological polar surface area (TPSA) is 26.0 Å². The number of nitrogens with two attached hydrogens (primary N) is 1. The molecule has 1 nitrogen and oxygen atoms in total. The van der Waals surface area contributed by atoms with E-state index in [1.165, 1.54) is 65.6 Å². The van der Waals surface area contributed by atoms with Crippen LogP contribution in [0.3, 0.4) is 0 Å². The lowest BCUT2D eigenvalue weighted by molar-refractivity contribution is 0.607. The first-order valence-corrected chi connectivity index (χ1v) is 8.99. The van der Waals surface area contributed by atoms with Gasteiger partial charge in [-0.25, -0.2) is 0 Å². The number of anilines is 1. The van der Waals surface area contributed by atoms with Crippen LogP contribution in [0.15, 0.2) is 48.5 Å². The van der Waals surface area contributed by atoms with Crippen molar-refractivity contribution in [2.45, 2.75) is 51.9 Å². The summed E-state index contributed by atoms with van der Waals surface area (Å²) in [5.41, 5.74) is 8.61. The van der Waals surface area contributed by atoms with Crippen molar-refractivity contribution in [1.29, 1.82) is 0 Å². The van der Waals surface area contributed by atoms with Crippen molar-refractivity contribution in [2.75, 3.05) is 5.73 Å². The maximum Gasteiger partial charge on any atom is 0.0396 e. The number of aryl methyl sites for hydroxylation is 1. The fraction of sp³-hybridized carbons (Fsp3) is 0.364. The number of nitrogen functional groups attached to an aromatic ring is 1. The van der Waals surface area contributed by atoms with E-state index >= 15 is 0 Å². The van der Waals surface area contributed by atoms with Crippen molar-refractivity contribution in [3.8, 4) is 0 Å². The molecule has 0 radical (unpaired) electrons. The fourth-order valence-electron chi connectivity index (χ4n) is 3.40. The Kier molecular flexibility index (Phi) is 5.17. The zero-order valence-corrected chi connectivity index (χ0v) is 14.1. The molecule has 0 fully saturated rings. The smallest absolute Gasteiger partial charge is 0.0396 e. The van der Waals surface area contributed by atoms with E-state index in [9.17, 15) is 0 Å². The molecule has 3 aromatic rings. The number of fused-ring (bicyclic) bond motifs is 2. The van der Waals surface area contributed by atoms with Gasteiger partial charge < -0.3 is 5.73 Å². The van der Waals surface area contributed by atoms with Crippen molar-refractivity contribution in [3.05, 3.63) is 54.1 Å². The van der Waals surface area contributed by atoms with Gasteiger partial charge in [0.2, 0.25) is 0 Å². The molecular formula is C22H27N. The van der Waals surface area contributed by atoms with E-state index in [1.54, 1.807) is 0 Å². The zero-order chi connectivity index (χ0) is 16.1. The van der Waals surface area contributed by atoms with Crippen LogP contribution in [0.1, 0.15) is 51.0 Å². The minimum absolute atomic E-state index is 0.911. The molecule has 0 aromatic heterocycles. The normalized spacial score (nSPS) is 11.3. The molecule has 120 valence electrons. The molecular weight excluding hydrogens is 278 g/mol. The summed E-state index contributed by atoms with van der Waals surface area (Å²) in [5, 5.41) is 4.99. The van der Waals surface area contributed by atoms with E-state index in [2.05, 4.69) is 55.5 Å². The van der Waals surface area contributed by atoms with Crippen LogP contribution >= 0.6 is 0 Å². The molecule has 0 aliphatic rings. The molecule has 0 saturated heterocycles. The molecule has 0 unspecified atom stereocenters. The number of benzene rings is 3.